The first kappa shape index (κ1) is 12.4. The highest BCUT2D eigenvalue weighted by Gasteiger charge is 2.25. The zero-order valence-corrected chi connectivity index (χ0v) is 10.9. The van der Waals surface area contributed by atoms with E-state index in [2.05, 4.69) is 21.8 Å². The summed E-state index contributed by atoms with van der Waals surface area (Å²) in [5, 5.41) is 0. The van der Waals surface area contributed by atoms with Crippen LogP contribution in [0.15, 0.2) is 24.5 Å². The van der Waals surface area contributed by atoms with E-state index in [0.717, 1.165) is 31.7 Å². The van der Waals surface area contributed by atoms with Crippen molar-refractivity contribution in [3.63, 3.8) is 0 Å². The van der Waals surface area contributed by atoms with Crippen LogP contribution in [-0.4, -0.2) is 53.0 Å². The Labute approximate surface area is 107 Å². The van der Waals surface area contributed by atoms with Gasteiger partial charge in [-0.05, 0) is 24.7 Å². The SMILES string of the molecule is CN1CCN(C(C(N)=S)c2ccncc2)CC1. The van der Waals surface area contributed by atoms with E-state index >= 15 is 0 Å². The second kappa shape index (κ2) is 5.53. The van der Waals surface area contributed by atoms with Crippen LogP contribution in [0.25, 0.3) is 0 Å². The van der Waals surface area contributed by atoms with Gasteiger partial charge in [0, 0.05) is 38.6 Å². The smallest absolute Gasteiger partial charge is 0.0948 e. The molecule has 2 rings (SSSR count). The predicted molar refractivity (Wildman–Crippen MR) is 72.8 cm³/mol. The summed E-state index contributed by atoms with van der Waals surface area (Å²) in [7, 11) is 2.14. The first-order valence-corrected chi connectivity index (χ1v) is 6.21. The largest absolute Gasteiger partial charge is 0.392 e. The highest BCUT2D eigenvalue weighted by atomic mass is 32.1. The summed E-state index contributed by atoms with van der Waals surface area (Å²) in [5.74, 6) is 0. The molecule has 1 atom stereocenters. The Balaban J connectivity index is 2.16. The van der Waals surface area contributed by atoms with Gasteiger partial charge in [-0.2, -0.15) is 0 Å². The van der Waals surface area contributed by atoms with Crippen molar-refractivity contribution >= 4 is 17.2 Å². The Kier molecular flexibility index (Phi) is 4.04. The quantitative estimate of drug-likeness (QED) is 0.798. The van der Waals surface area contributed by atoms with Crippen LogP contribution in [0.2, 0.25) is 0 Å². The van der Waals surface area contributed by atoms with Gasteiger partial charge in [0.15, 0.2) is 0 Å². The zero-order valence-electron chi connectivity index (χ0n) is 10.0. The third-order valence-electron chi connectivity index (χ3n) is 3.19. The third kappa shape index (κ3) is 3.00. The molecule has 0 saturated carbocycles. The lowest BCUT2D eigenvalue weighted by molar-refractivity contribution is 0.137. The zero-order chi connectivity index (χ0) is 12.3. The van der Waals surface area contributed by atoms with Crippen molar-refractivity contribution in [2.45, 2.75) is 6.04 Å². The second-order valence-corrected chi connectivity index (χ2v) is 4.90. The fourth-order valence-electron chi connectivity index (χ4n) is 2.18. The van der Waals surface area contributed by atoms with E-state index in [-0.39, 0.29) is 6.04 Å². The number of nitrogens with zero attached hydrogens (tertiary/aromatic N) is 3. The molecule has 2 N–H and O–H groups in total. The van der Waals surface area contributed by atoms with Gasteiger partial charge in [0.1, 0.15) is 0 Å². The number of thiocarbonyl (C=S) groups is 1. The summed E-state index contributed by atoms with van der Waals surface area (Å²) < 4.78 is 0. The van der Waals surface area contributed by atoms with E-state index in [9.17, 15) is 0 Å². The summed E-state index contributed by atoms with van der Waals surface area (Å²) in [6, 6.07) is 4.02. The van der Waals surface area contributed by atoms with Crippen molar-refractivity contribution < 1.29 is 0 Å². The molecule has 5 heteroatoms. The third-order valence-corrected chi connectivity index (χ3v) is 3.42. The van der Waals surface area contributed by atoms with Crippen molar-refractivity contribution in [3.8, 4) is 0 Å². The summed E-state index contributed by atoms with van der Waals surface area (Å²) in [4.78, 5) is 9.24. The Morgan fingerprint density at radius 2 is 1.88 bits per heavy atom. The molecule has 1 saturated heterocycles. The first-order valence-electron chi connectivity index (χ1n) is 5.80. The van der Waals surface area contributed by atoms with E-state index in [1.165, 1.54) is 0 Å². The number of nitrogens with two attached hydrogens (primary N) is 1. The molecule has 0 aromatic carbocycles. The summed E-state index contributed by atoms with van der Waals surface area (Å²) >= 11 is 5.21. The lowest BCUT2D eigenvalue weighted by atomic mass is 10.1. The highest BCUT2D eigenvalue weighted by molar-refractivity contribution is 7.80. The molecular formula is C12H18N4S. The Bertz CT molecular complexity index is 373. The molecule has 2 heterocycles. The minimum absolute atomic E-state index is 0.0432. The normalized spacial score (nSPS) is 20.1. The van der Waals surface area contributed by atoms with Gasteiger partial charge >= 0.3 is 0 Å². The van der Waals surface area contributed by atoms with Gasteiger partial charge < -0.3 is 10.6 Å². The molecular weight excluding hydrogens is 232 g/mol. The molecule has 1 fully saturated rings. The highest BCUT2D eigenvalue weighted by Crippen LogP contribution is 2.21. The van der Waals surface area contributed by atoms with Gasteiger partial charge in [-0.3, -0.25) is 9.88 Å². The van der Waals surface area contributed by atoms with Crippen LogP contribution in [-0.2, 0) is 0 Å². The molecule has 0 radical (unpaired) electrons. The predicted octanol–water partition coefficient (Wildman–Crippen LogP) is 0.656. The Hall–Kier alpha value is -1.04. The van der Waals surface area contributed by atoms with Crippen LogP contribution in [0.4, 0.5) is 0 Å². The molecule has 1 unspecified atom stereocenters. The van der Waals surface area contributed by atoms with Gasteiger partial charge in [-0.15, -0.1) is 0 Å². The maximum Gasteiger partial charge on any atom is 0.0948 e. The summed E-state index contributed by atoms with van der Waals surface area (Å²) in [5.41, 5.74) is 7.03. The van der Waals surface area contributed by atoms with Crippen molar-refractivity contribution in [1.29, 1.82) is 0 Å². The van der Waals surface area contributed by atoms with Crippen LogP contribution in [0.5, 0.6) is 0 Å². The number of hydrogen-bond donors (Lipinski definition) is 1. The van der Waals surface area contributed by atoms with Crippen molar-refractivity contribution in [2.75, 3.05) is 33.2 Å². The number of pyridine rings is 1. The Morgan fingerprint density at radius 3 is 2.41 bits per heavy atom. The first-order chi connectivity index (χ1) is 8.18. The van der Waals surface area contributed by atoms with Gasteiger partial charge in [-0.1, -0.05) is 12.2 Å². The van der Waals surface area contributed by atoms with Crippen LogP contribution < -0.4 is 5.73 Å². The fraction of sp³-hybridized carbons (Fsp3) is 0.500. The molecule has 1 aliphatic heterocycles. The minimum atomic E-state index is 0.0432. The number of piperazine rings is 1. The lowest BCUT2D eigenvalue weighted by Crippen LogP contribution is -2.48. The van der Waals surface area contributed by atoms with E-state index in [1.54, 1.807) is 12.4 Å². The van der Waals surface area contributed by atoms with Gasteiger partial charge in [0.25, 0.3) is 0 Å². The lowest BCUT2D eigenvalue weighted by Gasteiger charge is -2.37. The number of likely N-dealkylation sites (N-methyl/N-ethyl adjacent to an activating group) is 1. The molecule has 0 aliphatic carbocycles. The maximum atomic E-state index is 5.89. The van der Waals surface area contributed by atoms with E-state index < -0.39 is 0 Å². The second-order valence-electron chi connectivity index (χ2n) is 4.42. The number of rotatable bonds is 3. The van der Waals surface area contributed by atoms with Crippen LogP contribution in [0.1, 0.15) is 11.6 Å². The van der Waals surface area contributed by atoms with Crippen molar-refractivity contribution in [1.82, 2.24) is 14.8 Å². The van der Waals surface area contributed by atoms with Gasteiger partial charge in [-0.25, -0.2) is 0 Å². The van der Waals surface area contributed by atoms with E-state index in [0.29, 0.717) is 4.99 Å². The summed E-state index contributed by atoms with van der Waals surface area (Å²) in [6.45, 7) is 4.12. The minimum Gasteiger partial charge on any atom is -0.392 e. The van der Waals surface area contributed by atoms with Crippen LogP contribution >= 0.6 is 12.2 Å². The molecule has 0 bridgehead atoms. The molecule has 1 aliphatic rings. The van der Waals surface area contributed by atoms with Crippen molar-refractivity contribution in [3.05, 3.63) is 30.1 Å². The average molecular weight is 250 g/mol. The summed E-state index contributed by atoms with van der Waals surface area (Å²) in [6.07, 6.45) is 3.58. The standard InChI is InChI=1S/C12H18N4S/c1-15-6-8-16(9-7-15)11(12(13)17)10-2-4-14-5-3-10/h2-5,11H,6-9H2,1H3,(H2,13,17). The topological polar surface area (TPSA) is 45.4 Å². The molecule has 1 aromatic rings. The Morgan fingerprint density at radius 1 is 1.29 bits per heavy atom. The number of hydrogen-bond acceptors (Lipinski definition) is 4. The van der Waals surface area contributed by atoms with Crippen molar-refractivity contribution in [2.24, 2.45) is 5.73 Å². The molecule has 0 spiro atoms. The monoisotopic (exact) mass is 250 g/mol. The number of aromatic nitrogens is 1. The fourth-order valence-corrected chi connectivity index (χ4v) is 2.47. The molecule has 92 valence electrons. The van der Waals surface area contributed by atoms with Gasteiger partial charge in [0.2, 0.25) is 0 Å². The maximum absolute atomic E-state index is 5.89. The molecule has 1 aromatic heterocycles. The van der Waals surface area contributed by atoms with Gasteiger partial charge in [0.05, 0.1) is 11.0 Å². The van der Waals surface area contributed by atoms with E-state index in [4.69, 9.17) is 18.0 Å². The molecule has 17 heavy (non-hydrogen) atoms. The average Bonchev–Trinajstić information content (AvgIpc) is 2.33. The molecule has 4 nitrogen and oxygen atoms in total. The van der Waals surface area contributed by atoms with Crippen LogP contribution in [0, 0.1) is 0 Å². The molecule has 0 amide bonds. The van der Waals surface area contributed by atoms with E-state index in [1.807, 2.05) is 12.1 Å². The van der Waals surface area contributed by atoms with Crippen LogP contribution in [0.3, 0.4) is 0 Å².